The molecule has 0 aromatic heterocycles. The molecule has 1 aromatic rings. The van der Waals surface area contributed by atoms with Gasteiger partial charge in [0, 0.05) is 19.5 Å². The number of ether oxygens (including phenoxy) is 1. The van der Waals surface area contributed by atoms with Gasteiger partial charge in [0.1, 0.15) is 5.75 Å². The largest absolute Gasteiger partial charge is 0.573 e. The van der Waals surface area contributed by atoms with Gasteiger partial charge in [0.2, 0.25) is 5.91 Å². The number of carbonyl (C=O) groups is 1. The van der Waals surface area contributed by atoms with Crippen LogP contribution in [-0.4, -0.2) is 30.8 Å². The molecule has 1 aromatic carbocycles. The fourth-order valence-corrected chi connectivity index (χ4v) is 3.08. The van der Waals surface area contributed by atoms with Gasteiger partial charge in [-0.25, -0.2) is 0 Å². The van der Waals surface area contributed by atoms with Crippen molar-refractivity contribution in [3.05, 3.63) is 29.8 Å². The van der Waals surface area contributed by atoms with Gasteiger partial charge in [-0.2, -0.15) is 0 Å². The Labute approximate surface area is 145 Å². The Morgan fingerprint density at radius 2 is 1.92 bits per heavy atom. The number of nitrogens with two attached hydrogens (primary N) is 1. The van der Waals surface area contributed by atoms with Gasteiger partial charge in [-0.05, 0) is 43.0 Å². The molecule has 0 heterocycles. The van der Waals surface area contributed by atoms with Crippen LogP contribution >= 0.6 is 12.4 Å². The van der Waals surface area contributed by atoms with Crippen LogP contribution in [0, 0.1) is 11.8 Å². The lowest BCUT2D eigenvalue weighted by atomic mass is 9.95. The monoisotopic (exact) mass is 366 g/mol. The molecule has 2 atom stereocenters. The number of alkyl halides is 3. The average molecular weight is 367 g/mol. The maximum absolute atomic E-state index is 12.5. The maximum atomic E-state index is 12.5. The van der Waals surface area contributed by atoms with Crippen LogP contribution in [0.1, 0.15) is 24.8 Å². The standard InChI is InChI=1S/C16H21F3N2O2.ClH/c1-21(15(22)14-4-2-3-12(14)9-20)10-11-5-7-13(8-6-11)23-16(17,18)19;/h5-8,12,14H,2-4,9-10,20H2,1H3;1H/t12-,14-;/m1./s1. The highest BCUT2D eigenvalue weighted by atomic mass is 35.5. The molecule has 0 unspecified atom stereocenters. The molecule has 0 bridgehead atoms. The van der Waals surface area contributed by atoms with Crippen LogP contribution in [0.25, 0.3) is 0 Å². The summed E-state index contributed by atoms with van der Waals surface area (Å²) in [5.74, 6) is -0.0341. The second-order valence-corrected chi connectivity index (χ2v) is 5.92. The molecule has 2 N–H and O–H groups in total. The summed E-state index contributed by atoms with van der Waals surface area (Å²) in [4.78, 5) is 14.1. The first-order valence-electron chi connectivity index (χ1n) is 7.60. The van der Waals surface area contributed by atoms with Crippen molar-refractivity contribution >= 4 is 18.3 Å². The Balaban J connectivity index is 0.00000288. The van der Waals surface area contributed by atoms with Gasteiger partial charge >= 0.3 is 6.36 Å². The third kappa shape index (κ3) is 5.56. The number of hydrogen-bond donors (Lipinski definition) is 1. The highest BCUT2D eigenvalue weighted by molar-refractivity contribution is 5.85. The van der Waals surface area contributed by atoms with E-state index in [9.17, 15) is 18.0 Å². The summed E-state index contributed by atoms with van der Waals surface area (Å²) in [7, 11) is 1.70. The number of nitrogens with zero attached hydrogens (tertiary/aromatic N) is 1. The normalized spacial score (nSPS) is 20.4. The smallest absolute Gasteiger partial charge is 0.406 e. The lowest BCUT2D eigenvalue weighted by Gasteiger charge is -2.24. The third-order valence-corrected chi connectivity index (χ3v) is 4.23. The van der Waals surface area contributed by atoms with Crippen molar-refractivity contribution in [1.82, 2.24) is 4.90 Å². The second kappa shape index (κ2) is 8.58. The molecule has 24 heavy (non-hydrogen) atoms. The minimum Gasteiger partial charge on any atom is -0.406 e. The van der Waals surface area contributed by atoms with Gasteiger partial charge in [-0.15, -0.1) is 25.6 Å². The lowest BCUT2D eigenvalue weighted by Crippen LogP contribution is -2.36. The van der Waals surface area contributed by atoms with Crippen LogP contribution in [0.3, 0.4) is 0 Å². The van der Waals surface area contributed by atoms with Gasteiger partial charge in [-0.3, -0.25) is 4.79 Å². The molecule has 136 valence electrons. The van der Waals surface area contributed by atoms with E-state index in [1.165, 1.54) is 24.3 Å². The number of halogens is 4. The molecule has 0 saturated heterocycles. The van der Waals surface area contributed by atoms with Crippen molar-refractivity contribution in [3.8, 4) is 5.75 Å². The van der Waals surface area contributed by atoms with E-state index in [0.717, 1.165) is 24.8 Å². The lowest BCUT2D eigenvalue weighted by molar-refractivity contribution is -0.274. The minimum atomic E-state index is -4.70. The summed E-state index contributed by atoms with van der Waals surface area (Å²) in [6.07, 6.45) is -1.86. The summed E-state index contributed by atoms with van der Waals surface area (Å²) in [6.45, 7) is 0.854. The molecule has 0 spiro atoms. The number of hydrogen-bond acceptors (Lipinski definition) is 3. The number of benzene rings is 1. The predicted octanol–water partition coefficient (Wildman–Crippen LogP) is 3.34. The quantitative estimate of drug-likeness (QED) is 0.869. The SMILES string of the molecule is CN(Cc1ccc(OC(F)(F)F)cc1)C(=O)[C@@H]1CCC[C@@H]1CN.Cl. The highest BCUT2D eigenvalue weighted by Crippen LogP contribution is 2.32. The van der Waals surface area contributed by atoms with Crippen molar-refractivity contribution < 1.29 is 22.7 Å². The van der Waals surface area contributed by atoms with Crippen LogP contribution in [-0.2, 0) is 11.3 Å². The molecule has 2 rings (SSSR count). The van der Waals surface area contributed by atoms with Gasteiger partial charge < -0.3 is 15.4 Å². The first kappa shape index (κ1) is 20.6. The van der Waals surface area contributed by atoms with E-state index in [0.29, 0.717) is 13.1 Å². The highest BCUT2D eigenvalue weighted by Gasteiger charge is 2.34. The van der Waals surface area contributed by atoms with Crippen molar-refractivity contribution in [2.45, 2.75) is 32.2 Å². The zero-order chi connectivity index (χ0) is 17.0. The number of amides is 1. The van der Waals surface area contributed by atoms with Crippen molar-refractivity contribution in [2.75, 3.05) is 13.6 Å². The van der Waals surface area contributed by atoms with Crippen molar-refractivity contribution in [1.29, 1.82) is 0 Å². The van der Waals surface area contributed by atoms with E-state index in [1.807, 2.05) is 0 Å². The van der Waals surface area contributed by atoms with Gasteiger partial charge in [-0.1, -0.05) is 18.6 Å². The molecule has 1 aliphatic rings. The Hall–Kier alpha value is -1.47. The van der Waals surface area contributed by atoms with Crippen LogP contribution < -0.4 is 10.5 Å². The predicted molar refractivity (Wildman–Crippen MR) is 86.7 cm³/mol. The van der Waals surface area contributed by atoms with Crippen LogP contribution in [0.5, 0.6) is 5.75 Å². The molecule has 0 radical (unpaired) electrons. The number of rotatable bonds is 5. The molecule has 1 amide bonds. The van der Waals surface area contributed by atoms with E-state index >= 15 is 0 Å². The Kier molecular flexibility index (Phi) is 7.35. The summed E-state index contributed by atoms with van der Waals surface area (Å²) >= 11 is 0. The summed E-state index contributed by atoms with van der Waals surface area (Å²) in [5, 5.41) is 0. The Bertz CT molecular complexity index is 537. The fourth-order valence-electron chi connectivity index (χ4n) is 3.08. The van der Waals surface area contributed by atoms with Crippen LogP contribution in [0.2, 0.25) is 0 Å². The molecule has 8 heteroatoms. The molecule has 1 saturated carbocycles. The van der Waals surface area contributed by atoms with E-state index < -0.39 is 6.36 Å². The Morgan fingerprint density at radius 3 is 2.46 bits per heavy atom. The van der Waals surface area contributed by atoms with Crippen molar-refractivity contribution in [2.24, 2.45) is 17.6 Å². The van der Waals surface area contributed by atoms with E-state index in [-0.39, 0.29) is 35.9 Å². The zero-order valence-electron chi connectivity index (χ0n) is 13.4. The van der Waals surface area contributed by atoms with Crippen LogP contribution in [0.4, 0.5) is 13.2 Å². The summed E-state index contributed by atoms with van der Waals surface area (Å²) in [5.41, 5.74) is 6.45. The number of carbonyl (C=O) groups excluding carboxylic acids is 1. The zero-order valence-corrected chi connectivity index (χ0v) is 14.2. The third-order valence-electron chi connectivity index (χ3n) is 4.23. The first-order valence-corrected chi connectivity index (χ1v) is 7.60. The van der Waals surface area contributed by atoms with Crippen LogP contribution in [0.15, 0.2) is 24.3 Å². The second-order valence-electron chi connectivity index (χ2n) is 5.92. The topological polar surface area (TPSA) is 55.6 Å². The van der Waals surface area contributed by atoms with Gasteiger partial charge in [0.15, 0.2) is 0 Å². The average Bonchev–Trinajstić information content (AvgIpc) is 2.95. The van der Waals surface area contributed by atoms with E-state index in [2.05, 4.69) is 4.74 Å². The molecule has 1 aliphatic carbocycles. The van der Waals surface area contributed by atoms with Gasteiger partial charge in [0.25, 0.3) is 0 Å². The van der Waals surface area contributed by atoms with E-state index in [4.69, 9.17) is 5.73 Å². The molecule has 0 aliphatic heterocycles. The molecular weight excluding hydrogens is 345 g/mol. The summed E-state index contributed by atoms with van der Waals surface area (Å²) < 4.78 is 40.2. The Morgan fingerprint density at radius 1 is 1.29 bits per heavy atom. The van der Waals surface area contributed by atoms with Gasteiger partial charge in [0.05, 0.1) is 0 Å². The molecule has 4 nitrogen and oxygen atoms in total. The maximum Gasteiger partial charge on any atom is 0.573 e. The summed E-state index contributed by atoms with van der Waals surface area (Å²) in [6, 6.07) is 5.55. The minimum absolute atomic E-state index is 0. The molecular formula is C16H22ClF3N2O2. The van der Waals surface area contributed by atoms with Crippen molar-refractivity contribution in [3.63, 3.8) is 0 Å². The fraction of sp³-hybridized carbons (Fsp3) is 0.562. The van der Waals surface area contributed by atoms with E-state index in [1.54, 1.807) is 11.9 Å². The molecule has 1 fully saturated rings. The first-order chi connectivity index (χ1) is 10.8.